The fourth-order valence-electron chi connectivity index (χ4n) is 3.35. The Morgan fingerprint density at radius 2 is 1.73 bits per heavy atom. The number of carbonyl (C=O) groups is 3. The van der Waals surface area contributed by atoms with Crippen LogP contribution in [0.25, 0.3) is 6.08 Å². The first-order chi connectivity index (χ1) is 17.5. The number of aryl methyl sites for hydroxylation is 1. The molecule has 1 saturated heterocycles. The van der Waals surface area contributed by atoms with Gasteiger partial charge in [-0.1, -0.05) is 29.8 Å². The normalized spacial score (nSPS) is 15.0. The molecule has 0 aliphatic carbocycles. The van der Waals surface area contributed by atoms with Crippen LogP contribution in [0.3, 0.4) is 0 Å². The lowest BCUT2D eigenvalue weighted by molar-refractivity contribution is -0.384. The molecule has 11 nitrogen and oxygen atoms in total. The van der Waals surface area contributed by atoms with Gasteiger partial charge in [0.25, 0.3) is 17.5 Å². The van der Waals surface area contributed by atoms with Crippen LogP contribution in [-0.2, 0) is 19.7 Å². The molecule has 37 heavy (non-hydrogen) atoms. The third-order valence-electron chi connectivity index (χ3n) is 5.18. The first kappa shape index (κ1) is 25.7. The maximum absolute atomic E-state index is 13.0. The van der Waals surface area contributed by atoms with E-state index >= 15 is 0 Å². The Morgan fingerprint density at radius 1 is 1.03 bits per heavy atom. The number of imide groups is 2. The standard InChI is InChI=1S/C24H16BrN3O8S/c1-14-5-8-18(9-6-14)37(34,35)36-21-10-7-15(12-20(21)25)11-19-22(29)26-24(31)27(23(19)30)16-3-2-4-17(13-16)28(32)33/h2-13H,1H3,(H,26,29,31)/b19-11+. The number of urea groups is 1. The number of nitro benzene ring substituents is 1. The lowest BCUT2D eigenvalue weighted by Gasteiger charge is -2.26. The Balaban J connectivity index is 1.63. The minimum Gasteiger partial charge on any atom is -0.378 e. The lowest BCUT2D eigenvalue weighted by atomic mass is 10.1. The number of nitrogens with one attached hydrogen (secondary N) is 1. The van der Waals surface area contributed by atoms with Crippen molar-refractivity contribution in [1.82, 2.24) is 5.32 Å². The number of nitrogens with zero attached hydrogens (tertiary/aromatic N) is 2. The molecule has 0 spiro atoms. The van der Waals surface area contributed by atoms with Crippen molar-refractivity contribution in [3.8, 4) is 5.75 Å². The monoisotopic (exact) mass is 585 g/mol. The third-order valence-corrected chi connectivity index (χ3v) is 7.04. The van der Waals surface area contributed by atoms with Crippen molar-refractivity contribution in [1.29, 1.82) is 0 Å². The number of anilines is 1. The minimum absolute atomic E-state index is 0.0319. The first-order valence-electron chi connectivity index (χ1n) is 10.4. The summed E-state index contributed by atoms with van der Waals surface area (Å²) in [5.41, 5.74) is 0.323. The molecule has 0 unspecified atom stereocenters. The minimum atomic E-state index is -4.12. The molecule has 1 fully saturated rings. The Labute approximate surface area is 218 Å². The first-order valence-corrected chi connectivity index (χ1v) is 12.6. The topological polar surface area (TPSA) is 153 Å². The fraction of sp³-hybridized carbons (Fsp3) is 0.0417. The molecule has 188 valence electrons. The molecule has 13 heteroatoms. The van der Waals surface area contributed by atoms with E-state index in [1.807, 2.05) is 12.2 Å². The molecule has 0 radical (unpaired) electrons. The highest BCUT2D eigenvalue weighted by molar-refractivity contribution is 9.10. The van der Waals surface area contributed by atoms with Gasteiger partial charge in [0.1, 0.15) is 10.5 Å². The second-order valence-corrected chi connectivity index (χ2v) is 10.2. The number of non-ortho nitro benzene ring substituents is 1. The number of benzene rings is 3. The zero-order valence-electron chi connectivity index (χ0n) is 18.9. The van der Waals surface area contributed by atoms with Crippen molar-refractivity contribution in [2.75, 3.05) is 4.90 Å². The molecular weight excluding hydrogens is 570 g/mol. The van der Waals surface area contributed by atoms with E-state index in [0.29, 0.717) is 10.5 Å². The van der Waals surface area contributed by atoms with Gasteiger partial charge in [-0.15, -0.1) is 0 Å². The van der Waals surface area contributed by atoms with Crippen molar-refractivity contribution in [3.63, 3.8) is 0 Å². The van der Waals surface area contributed by atoms with Gasteiger partial charge in [-0.2, -0.15) is 8.42 Å². The largest absolute Gasteiger partial charge is 0.378 e. The molecule has 1 heterocycles. The Hall–Kier alpha value is -4.36. The summed E-state index contributed by atoms with van der Waals surface area (Å²) in [4.78, 5) is 48.8. The van der Waals surface area contributed by atoms with Crippen LogP contribution in [0.5, 0.6) is 5.75 Å². The highest BCUT2D eigenvalue weighted by Crippen LogP contribution is 2.31. The molecular formula is C24H16BrN3O8S. The van der Waals surface area contributed by atoms with Crippen molar-refractivity contribution in [3.05, 3.63) is 98.0 Å². The number of amides is 4. The molecule has 3 aromatic rings. The van der Waals surface area contributed by atoms with Gasteiger partial charge < -0.3 is 4.18 Å². The predicted molar refractivity (Wildman–Crippen MR) is 135 cm³/mol. The predicted octanol–water partition coefficient (Wildman–Crippen LogP) is 4.10. The number of carbonyl (C=O) groups excluding carboxylic acids is 3. The third kappa shape index (κ3) is 5.42. The second-order valence-electron chi connectivity index (χ2n) is 7.78. The van der Waals surface area contributed by atoms with Gasteiger partial charge in [-0.25, -0.2) is 9.69 Å². The van der Waals surface area contributed by atoms with E-state index < -0.39 is 38.5 Å². The zero-order valence-corrected chi connectivity index (χ0v) is 21.3. The van der Waals surface area contributed by atoms with Gasteiger partial charge in [-0.05, 0) is 64.8 Å². The molecule has 1 N–H and O–H groups in total. The number of hydrogen-bond donors (Lipinski definition) is 1. The van der Waals surface area contributed by atoms with E-state index in [-0.39, 0.29) is 26.5 Å². The molecule has 0 aromatic heterocycles. The van der Waals surface area contributed by atoms with Crippen LogP contribution >= 0.6 is 15.9 Å². The molecule has 3 aromatic carbocycles. The Bertz CT molecular complexity index is 1600. The van der Waals surface area contributed by atoms with Crippen molar-refractivity contribution in [2.24, 2.45) is 0 Å². The highest BCUT2D eigenvalue weighted by Gasteiger charge is 2.37. The second kappa shape index (κ2) is 9.95. The average Bonchev–Trinajstić information content (AvgIpc) is 2.83. The van der Waals surface area contributed by atoms with Gasteiger partial charge in [0.15, 0.2) is 5.75 Å². The van der Waals surface area contributed by atoms with E-state index in [1.165, 1.54) is 54.6 Å². The van der Waals surface area contributed by atoms with Gasteiger partial charge in [0, 0.05) is 12.1 Å². The summed E-state index contributed by atoms with van der Waals surface area (Å²) in [6.45, 7) is 1.82. The number of halogens is 1. The Kier molecular flexibility index (Phi) is 6.92. The zero-order chi connectivity index (χ0) is 26.9. The Morgan fingerprint density at radius 3 is 2.38 bits per heavy atom. The SMILES string of the molecule is Cc1ccc(S(=O)(=O)Oc2ccc(/C=C3\C(=O)NC(=O)N(c4cccc([N+](=O)[O-])c4)C3=O)cc2Br)cc1. The van der Waals surface area contributed by atoms with E-state index in [4.69, 9.17) is 4.18 Å². The summed E-state index contributed by atoms with van der Waals surface area (Å²) in [6, 6.07) is 14.0. The van der Waals surface area contributed by atoms with Crippen molar-refractivity contribution >= 4 is 61.3 Å². The van der Waals surface area contributed by atoms with E-state index in [9.17, 15) is 32.9 Å². The van der Waals surface area contributed by atoms with Gasteiger partial charge in [-0.3, -0.25) is 25.0 Å². The lowest BCUT2D eigenvalue weighted by Crippen LogP contribution is -2.54. The summed E-state index contributed by atoms with van der Waals surface area (Å²) in [6.07, 6.45) is 1.19. The van der Waals surface area contributed by atoms with Crippen LogP contribution in [-0.4, -0.2) is 31.2 Å². The number of nitro groups is 1. The summed E-state index contributed by atoms with van der Waals surface area (Å²) in [5, 5.41) is 13.1. The fourth-order valence-corrected chi connectivity index (χ4v) is 4.88. The van der Waals surface area contributed by atoms with Crippen LogP contribution in [0.1, 0.15) is 11.1 Å². The summed E-state index contributed by atoms with van der Waals surface area (Å²) >= 11 is 3.23. The van der Waals surface area contributed by atoms with Crippen molar-refractivity contribution < 1.29 is 31.9 Å². The van der Waals surface area contributed by atoms with Crippen LogP contribution < -0.4 is 14.4 Å². The van der Waals surface area contributed by atoms with Gasteiger partial charge in [0.05, 0.1) is 15.1 Å². The van der Waals surface area contributed by atoms with Gasteiger partial charge in [0.2, 0.25) is 0 Å². The molecule has 1 aliphatic rings. The summed E-state index contributed by atoms with van der Waals surface area (Å²) in [7, 11) is -4.12. The molecule has 0 bridgehead atoms. The van der Waals surface area contributed by atoms with Crippen molar-refractivity contribution in [2.45, 2.75) is 11.8 Å². The molecule has 4 amide bonds. The highest BCUT2D eigenvalue weighted by atomic mass is 79.9. The van der Waals surface area contributed by atoms with Gasteiger partial charge >= 0.3 is 16.1 Å². The van der Waals surface area contributed by atoms with E-state index in [2.05, 4.69) is 15.9 Å². The summed E-state index contributed by atoms with van der Waals surface area (Å²) in [5.74, 6) is -1.99. The van der Waals surface area contributed by atoms with Crippen LogP contribution in [0.2, 0.25) is 0 Å². The molecule has 4 rings (SSSR count). The maximum Gasteiger partial charge on any atom is 0.339 e. The number of rotatable bonds is 6. The van der Waals surface area contributed by atoms with Crippen LogP contribution in [0.4, 0.5) is 16.2 Å². The molecule has 0 saturated carbocycles. The quantitative estimate of drug-likeness (QED) is 0.149. The molecule has 0 atom stereocenters. The van der Waals surface area contributed by atoms with Crippen LogP contribution in [0, 0.1) is 17.0 Å². The average molecular weight is 586 g/mol. The number of barbiturate groups is 1. The number of hydrogen-bond acceptors (Lipinski definition) is 8. The smallest absolute Gasteiger partial charge is 0.339 e. The maximum atomic E-state index is 13.0. The summed E-state index contributed by atoms with van der Waals surface area (Å²) < 4.78 is 30.6. The van der Waals surface area contributed by atoms with Crippen LogP contribution in [0.15, 0.2) is 81.7 Å². The molecule has 1 aliphatic heterocycles. The van der Waals surface area contributed by atoms with E-state index in [1.54, 1.807) is 12.1 Å². The van der Waals surface area contributed by atoms with E-state index in [0.717, 1.165) is 11.6 Å².